The fourth-order valence-electron chi connectivity index (χ4n) is 4.48. The van der Waals surface area contributed by atoms with Crippen molar-refractivity contribution in [2.45, 2.75) is 13.8 Å². The van der Waals surface area contributed by atoms with Gasteiger partial charge >= 0.3 is 0 Å². The maximum absolute atomic E-state index is 2.45. The van der Waals surface area contributed by atoms with E-state index in [0.717, 1.165) is 0 Å². The predicted molar refractivity (Wildman–Crippen MR) is 160 cm³/mol. The largest absolute Gasteiger partial charge is 0.144 e. The van der Waals surface area contributed by atoms with Crippen LogP contribution in [0.5, 0.6) is 0 Å². The van der Waals surface area contributed by atoms with Crippen LogP contribution in [0.1, 0.15) is 9.75 Å². The van der Waals surface area contributed by atoms with Crippen molar-refractivity contribution in [1.29, 1.82) is 0 Å². The van der Waals surface area contributed by atoms with Gasteiger partial charge in [0.25, 0.3) is 0 Å². The van der Waals surface area contributed by atoms with Gasteiger partial charge < -0.3 is 0 Å². The summed E-state index contributed by atoms with van der Waals surface area (Å²) in [6, 6.07) is 22.8. The summed E-state index contributed by atoms with van der Waals surface area (Å²) in [5.41, 5.74) is 2.81. The molecule has 6 heterocycles. The van der Waals surface area contributed by atoms with Crippen molar-refractivity contribution in [3.8, 4) is 40.4 Å². The summed E-state index contributed by atoms with van der Waals surface area (Å²) in [5.74, 6) is 0. The highest BCUT2D eigenvalue weighted by atomic mass is 32.1. The Morgan fingerprint density at radius 3 is 1.29 bits per heavy atom. The van der Waals surface area contributed by atoms with Gasteiger partial charge in [-0.25, -0.2) is 0 Å². The molecule has 0 fully saturated rings. The van der Waals surface area contributed by atoms with Gasteiger partial charge in [-0.1, -0.05) is 12.1 Å². The molecule has 7 rings (SSSR count). The molecule has 6 aromatic heterocycles. The van der Waals surface area contributed by atoms with Gasteiger partial charge in [-0.05, 0) is 73.1 Å². The minimum absolute atomic E-state index is 1.36. The predicted octanol–water partition coefficient (Wildman–Crippen LogP) is 11.6. The zero-order valence-electron chi connectivity index (χ0n) is 18.4. The maximum atomic E-state index is 2.45. The summed E-state index contributed by atoms with van der Waals surface area (Å²) >= 11 is 11.4. The Kier molecular flexibility index (Phi) is 5.16. The molecule has 166 valence electrons. The molecule has 0 bridgehead atoms. The van der Waals surface area contributed by atoms with Crippen molar-refractivity contribution in [3.63, 3.8) is 0 Å². The minimum atomic E-state index is 1.36. The Bertz CT molecular complexity index is 1580. The lowest BCUT2D eigenvalue weighted by atomic mass is 9.99. The SMILES string of the molecule is Cc1ccc(-c2cc3c(-c4cccs4)c4sc(-c5ccc(C)s5)cc4c(-c4cccs4)c3s2)s1. The third-order valence-corrected chi connectivity index (χ3v) is 12.4. The van der Waals surface area contributed by atoms with Crippen LogP contribution in [0.3, 0.4) is 0 Å². The van der Waals surface area contributed by atoms with Gasteiger partial charge in [-0.3, -0.25) is 0 Å². The van der Waals surface area contributed by atoms with Crippen molar-refractivity contribution >= 4 is 88.2 Å². The second-order valence-electron chi connectivity index (χ2n) is 8.23. The molecule has 0 unspecified atom stereocenters. The van der Waals surface area contributed by atoms with E-state index < -0.39 is 0 Å². The molecular formula is C28H18S6. The van der Waals surface area contributed by atoms with Gasteiger partial charge in [0.2, 0.25) is 0 Å². The van der Waals surface area contributed by atoms with E-state index in [4.69, 9.17) is 0 Å². The first-order valence-corrected chi connectivity index (χ1v) is 15.9. The molecule has 0 saturated carbocycles. The van der Waals surface area contributed by atoms with Crippen LogP contribution in [0.15, 0.2) is 71.4 Å². The van der Waals surface area contributed by atoms with Crippen molar-refractivity contribution in [1.82, 2.24) is 0 Å². The van der Waals surface area contributed by atoms with E-state index in [1.165, 1.54) is 70.3 Å². The standard InChI is InChI=1S/C28H18S6/c1-15-7-9-19(31-15)23-13-17-25(21-5-3-11-29-21)28-18(14-24(34-28)20-10-8-16(2)32-20)26(27(17)33-23)22-6-4-12-30-22/h3-14H,1-2H3. The quantitative estimate of drug-likeness (QED) is 0.206. The molecule has 0 aliphatic heterocycles. The van der Waals surface area contributed by atoms with Crippen molar-refractivity contribution in [2.24, 2.45) is 0 Å². The van der Waals surface area contributed by atoms with Crippen LogP contribution in [0, 0.1) is 13.8 Å². The molecule has 0 aliphatic rings. The molecule has 34 heavy (non-hydrogen) atoms. The summed E-state index contributed by atoms with van der Waals surface area (Å²) in [6.45, 7) is 4.39. The molecule has 6 heteroatoms. The number of aryl methyl sites for hydroxylation is 2. The van der Waals surface area contributed by atoms with E-state index in [1.807, 2.05) is 68.0 Å². The third-order valence-electron chi connectivity index (χ3n) is 5.96. The Morgan fingerprint density at radius 2 is 0.941 bits per heavy atom. The minimum Gasteiger partial charge on any atom is -0.144 e. The Balaban J connectivity index is 1.63. The number of hydrogen-bond donors (Lipinski definition) is 0. The molecule has 0 aliphatic carbocycles. The molecule has 0 atom stereocenters. The number of thiophene rings is 6. The van der Waals surface area contributed by atoms with Crippen molar-refractivity contribution in [2.75, 3.05) is 0 Å². The van der Waals surface area contributed by atoms with Gasteiger partial charge in [0.15, 0.2) is 0 Å². The van der Waals surface area contributed by atoms with Crippen LogP contribution in [-0.2, 0) is 0 Å². The van der Waals surface area contributed by atoms with E-state index in [2.05, 4.69) is 85.3 Å². The second kappa shape index (κ2) is 8.26. The fourth-order valence-corrected chi connectivity index (χ4v) is 10.6. The first kappa shape index (κ1) is 21.2. The lowest BCUT2D eigenvalue weighted by Crippen LogP contribution is -1.81. The maximum Gasteiger partial charge on any atom is 0.0455 e. The molecule has 0 amide bonds. The zero-order chi connectivity index (χ0) is 22.8. The van der Waals surface area contributed by atoms with Crippen LogP contribution in [0.4, 0.5) is 0 Å². The van der Waals surface area contributed by atoms with Gasteiger partial charge in [-0.15, -0.1) is 68.0 Å². The highest BCUT2D eigenvalue weighted by Gasteiger charge is 2.23. The van der Waals surface area contributed by atoms with Crippen LogP contribution in [0.25, 0.3) is 60.6 Å². The average Bonchev–Trinajstić information content (AvgIpc) is 3.65. The molecular weight excluding hydrogens is 529 g/mol. The highest BCUT2D eigenvalue weighted by molar-refractivity contribution is 7.29. The molecule has 1 aromatic carbocycles. The summed E-state index contributed by atoms with van der Waals surface area (Å²) in [4.78, 5) is 10.9. The van der Waals surface area contributed by atoms with E-state index in [1.54, 1.807) is 0 Å². The number of fused-ring (bicyclic) bond motifs is 2. The van der Waals surface area contributed by atoms with Gasteiger partial charge in [0.1, 0.15) is 0 Å². The third kappa shape index (κ3) is 3.40. The summed E-state index contributed by atoms with van der Waals surface area (Å²) < 4.78 is 2.82. The number of benzene rings is 1. The zero-order valence-corrected chi connectivity index (χ0v) is 23.3. The van der Waals surface area contributed by atoms with E-state index in [0.29, 0.717) is 0 Å². The first-order valence-electron chi connectivity index (χ1n) is 10.9. The van der Waals surface area contributed by atoms with Crippen LogP contribution in [0.2, 0.25) is 0 Å². The Labute approximate surface area is 222 Å². The number of rotatable bonds is 4. The molecule has 0 nitrogen and oxygen atoms in total. The molecule has 0 spiro atoms. The number of hydrogen-bond acceptors (Lipinski definition) is 6. The summed E-state index contributed by atoms with van der Waals surface area (Å²) in [7, 11) is 0. The van der Waals surface area contributed by atoms with Gasteiger partial charge in [0.05, 0.1) is 0 Å². The monoisotopic (exact) mass is 546 g/mol. The van der Waals surface area contributed by atoms with Crippen LogP contribution in [-0.4, -0.2) is 0 Å². The average molecular weight is 547 g/mol. The van der Waals surface area contributed by atoms with Gasteiger partial charge in [0, 0.05) is 70.3 Å². The normalized spacial score (nSPS) is 11.8. The molecule has 7 aromatic rings. The van der Waals surface area contributed by atoms with Crippen LogP contribution >= 0.6 is 68.0 Å². The molecule has 0 saturated heterocycles. The first-order chi connectivity index (χ1) is 16.7. The van der Waals surface area contributed by atoms with Crippen molar-refractivity contribution < 1.29 is 0 Å². The van der Waals surface area contributed by atoms with E-state index >= 15 is 0 Å². The lowest BCUT2D eigenvalue weighted by molar-refractivity contribution is 1.64. The summed E-state index contributed by atoms with van der Waals surface area (Å²) in [6.07, 6.45) is 0. The van der Waals surface area contributed by atoms with Crippen LogP contribution < -0.4 is 0 Å². The Hall–Kier alpha value is -2.06. The smallest absolute Gasteiger partial charge is 0.0455 e. The molecule has 0 radical (unpaired) electrons. The molecule has 0 N–H and O–H groups in total. The van der Waals surface area contributed by atoms with E-state index in [-0.39, 0.29) is 0 Å². The van der Waals surface area contributed by atoms with E-state index in [9.17, 15) is 0 Å². The Morgan fingerprint density at radius 1 is 0.471 bits per heavy atom. The summed E-state index contributed by atoms with van der Waals surface area (Å²) in [5, 5.41) is 7.18. The van der Waals surface area contributed by atoms with Gasteiger partial charge in [-0.2, -0.15) is 0 Å². The topological polar surface area (TPSA) is 0 Å². The second-order valence-corrected chi connectivity index (χ2v) is 14.8. The van der Waals surface area contributed by atoms with Crippen molar-refractivity contribution in [3.05, 3.63) is 81.2 Å². The fraction of sp³-hybridized carbons (Fsp3) is 0.0714. The lowest BCUT2D eigenvalue weighted by Gasteiger charge is -2.09. The highest BCUT2D eigenvalue weighted by Crippen LogP contribution is 2.54.